The van der Waals surface area contributed by atoms with Gasteiger partial charge < -0.3 is 10.0 Å². The third-order valence-electron chi connectivity index (χ3n) is 3.10. The smallest absolute Gasteiger partial charge is 0.0546 e. The lowest BCUT2D eigenvalue weighted by atomic mass is 9.82. The van der Waals surface area contributed by atoms with E-state index in [0.29, 0.717) is 0 Å². The molecule has 1 aliphatic carbocycles. The summed E-state index contributed by atoms with van der Waals surface area (Å²) in [5.41, 5.74) is 0. The third kappa shape index (κ3) is 3.30. The van der Waals surface area contributed by atoms with E-state index in [9.17, 15) is 5.11 Å². The van der Waals surface area contributed by atoms with Crippen molar-refractivity contribution in [1.82, 2.24) is 4.90 Å². The van der Waals surface area contributed by atoms with Crippen LogP contribution in [0.5, 0.6) is 0 Å². The van der Waals surface area contributed by atoms with E-state index in [0.717, 1.165) is 38.3 Å². The normalized spacial score (nSPS) is 25.5. The summed E-state index contributed by atoms with van der Waals surface area (Å²) in [5.74, 6) is 0.730. The number of rotatable bonds is 5. The summed E-state index contributed by atoms with van der Waals surface area (Å²) in [6.07, 6.45) is 3.15. The van der Waals surface area contributed by atoms with Gasteiger partial charge in [0.05, 0.1) is 6.10 Å². The van der Waals surface area contributed by atoms with Gasteiger partial charge in [0.1, 0.15) is 0 Å². The highest BCUT2D eigenvalue weighted by molar-refractivity contribution is 7.09. The Hall–Kier alpha value is -0.380. The molecule has 0 radical (unpaired) electrons. The third-order valence-corrected chi connectivity index (χ3v) is 4.04. The van der Waals surface area contributed by atoms with Crippen LogP contribution in [0.2, 0.25) is 0 Å². The fourth-order valence-electron chi connectivity index (χ4n) is 2.14. The second kappa shape index (κ2) is 5.10. The van der Waals surface area contributed by atoms with Gasteiger partial charge >= 0.3 is 0 Å². The highest BCUT2D eigenvalue weighted by Crippen LogP contribution is 2.27. The molecule has 1 N–H and O–H groups in total. The zero-order valence-electron chi connectivity index (χ0n) is 9.22. The van der Waals surface area contributed by atoms with Crippen molar-refractivity contribution in [3.8, 4) is 0 Å². The Bertz CT molecular complexity index is 280. The zero-order valence-corrected chi connectivity index (χ0v) is 10.0. The Morgan fingerprint density at radius 3 is 2.93 bits per heavy atom. The number of hydrogen-bond acceptors (Lipinski definition) is 3. The number of likely N-dealkylation sites (N-methyl/N-ethyl adjacent to an activating group) is 1. The number of aliphatic hydroxyl groups is 1. The van der Waals surface area contributed by atoms with Crippen LogP contribution in [-0.4, -0.2) is 36.2 Å². The first-order chi connectivity index (χ1) is 7.24. The minimum absolute atomic E-state index is 0.0132. The van der Waals surface area contributed by atoms with Gasteiger partial charge in [-0.05, 0) is 43.7 Å². The number of nitrogens with zero attached hydrogens (tertiary/aromatic N) is 1. The van der Waals surface area contributed by atoms with Crippen molar-refractivity contribution in [2.24, 2.45) is 5.92 Å². The van der Waals surface area contributed by atoms with Crippen molar-refractivity contribution in [2.75, 3.05) is 20.1 Å². The van der Waals surface area contributed by atoms with E-state index in [1.54, 1.807) is 0 Å². The van der Waals surface area contributed by atoms with E-state index in [1.807, 2.05) is 11.3 Å². The van der Waals surface area contributed by atoms with Crippen LogP contribution in [-0.2, 0) is 6.42 Å². The Labute approximate surface area is 95.5 Å². The highest BCUT2D eigenvalue weighted by Gasteiger charge is 2.27. The molecule has 1 aromatic heterocycles. The van der Waals surface area contributed by atoms with Crippen molar-refractivity contribution >= 4 is 11.3 Å². The SMILES string of the molecule is CN(CCc1cccs1)CC1CC(O)C1. The molecule has 0 saturated heterocycles. The molecule has 1 aromatic rings. The molecule has 2 nitrogen and oxygen atoms in total. The lowest BCUT2D eigenvalue weighted by Gasteiger charge is -2.34. The molecule has 15 heavy (non-hydrogen) atoms. The fourth-order valence-corrected chi connectivity index (χ4v) is 2.84. The minimum Gasteiger partial charge on any atom is -0.393 e. The minimum atomic E-state index is -0.0132. The molecule has 1 saturated carbocycles. The van der Waals surface area contributed by atoms with Gasteiger partial charge in [0, 0.05) is 18.0 Å². The van der Waals surface area contributed by atoms with Gasteiger partial charge in [0.2, 0.25) is 0 Å². The van der Waals surface area contributed by atoms with Crippen LogP contribution in [0.4, 0.5) is 0 Å². The maximum absolute atomic E-state index is 9.19. The van der Waals surface area contributed by atoms with E-state index < -0.39 is 0 Å². The molecule has 0 aliphatic heterocycles. The molecule has 2 rings (SSSR count). The monoisotopic (exact) mass is 225 g/mol. The van der Waals surface area contributed by atoms with Gasteiger partial charge in [-0.1, -0.05) is 6.07 Å². The van der Waals surface area contributed by atoms with Crippen LogP contribution in [0.15, 0.2) is 17.5 Å². The Kier molecular flexibility index (Phi) is 3.78. The molecule has 0 bridgehead atoms. The molecule has 1 fully saturated rings. The van der Waals surface area contributed by atoms with Crippen molar-refractivity contribution in [3.63, 3.8) is 0 Å². The van der Waals surface area contributed by atoms with Gasteiger partial charge in [-0.3, -0.25) is 0 Å². The average Bonchev–Trinajstić information content (AvgIpc) is 2.65. The molecule has 0 atom stereocenters. The summed E-state index contributed by atoms with van der Waals surface area (Å²) >= 11 is 1.84. The first kappa shape index (κ1) is 11.1. The van der Waals surface area contributed by atoms with Crippen LogP contribution in [0.3, 0.4) is 0 Å². The van der Waals surface area contributed by atoms with E-state index in [4.69, 9.17) is 0 Å². The van der Waals surface area contributed by atoms with E-state index in [2.05, 4.69) is 29.5 Å². The van der Waals surface area contributed by atoms with Crippen LogP contribution in [0.25, 0.3) is 0 Å². The summed E-state index contributed by atoms with van der Waals surface area (Å²) in [6.45, 7) is 2.27. The lowest BCUT2D eigenvalue weighted by molar-refractivity contribution is 0.0285. The number of thiophene rings is 1. The largest absolute Gasteiger partial charge is 0.393 e. The highest BCUT2D eigenvalue weighted by atomic mass is 32.1. The molecule has 0 amide bonds. The first-order valence-electron chi connectivity index (χ1n) is 5.63. The number of aliphatic hydroxyl groups excluding tert-OH is 1. The van der Waals surface area contributed by atoms with Crippen LogP contribution < -0.4 is 0 Å². The summed E-state index contributed by atoms with van der Waals surface area (Å²) in [5, 5.41) is 11.3. The predicted octanol–water partition coefficient (Wildman–Crippen LogP) is 1.99. The molecular formula is C12H19NOS. The number of hydrogen-bond donors (Lipinski definition) is 1. The van der Waals surface area contributed by atoms with Gasteiger partial charge in [-0.2, -0.15) is 0 Å². The maximum Gasteiger partial charge on any atom is 0.0546 e. The Morgan fingerprint density at radius 1 is 1.53 bits per heavy atom. The Balaban J connectivity index is 1.62. The standard InChI is InChI=1S/C12H19NOS/c1-13(9-10-7-11(14)8-10)5-4-12-3-2-6-15-12/h2-3,6,10-11,14H,4-5,7-9H2,1H3. The first-order valence-corrected chi connectivity index (χ1v) is 6.51. The summed E-state index contributed by atoms with van der Waals surface area (Å²) < 4.78 is 0. The van der Waals surface area contributed by atoms with Crippen LogP contribution in [0.1, 0.15) is 17.7 Å². The predicted molar refractivity (Wildman–Crippen MR) is 64.3 cm³/mol. The van der Waals surface area contributed by atoms with Crippen LogP contribution >= 0.6 is 11.3 Å². The average molecular weight is 225 g/mol. The van der Waals surface area contributed by atoms with Gasteiger partial charge in [-0.25, -0.2) is 0 Å². The molecule has 0 spiro atoms. The summed E-state index contributed by atoms with van der Waals surface area (Å²) in [4.78, 5) is 3.85. The Morgan fingerprint density at radius 2 is 2.33 bits per heavy atom. The maximum atomic E-state index is 9.19. The van der Waals surface area contributed by atoms with E-state index in [1.165, 1.54) is 4.88 Å². The van der Waals surface area contributed by atoms with Crippen molar-refractivity contribution < 1.29 is 5.11 Å². The lowest BCUT2D eigenvalue weighted by Crippen LogP contribution is -2.37. The molecule has 0 aromatic carbocycles. The molecule has 0 unspecified atom stereocenters. The molecule has 1 heterocycles. The van der Waals surface area contributed by atoms with Crippen molar-refractivity contribution in [2.45, 2.75) is 25.4 Å². The zero-order chi connectivity index (χ0) is 10.7. The molecular weight excluding hydrogens is 206 g/mol. The topological polar surface area (TPSA) is 23.5 Å². The second-order valence-electron chi connectivity index (χ2n) is 4.58. The van der Waals surface area contributed by atoms with Gasteiger partial charge in [-0.15, -0.1) is 11.3 Å². The van der Waals surface area contributed by atoms with Gasteiger partial charge in [0.25, 0.3) is 0 Å². The van der Waals surface area contributed by atoms with E-state index >= 15 is 0 Å². The van der Waals surface area contributed by atoms with Gasteiger partial charge in [0.15, 0.2) is 0 Å². The molecule has 3 heteroatoms. The quantitative estimate of drug-likeness (QED) is 0.828. The molecule has 84 valence electrons. The van der Waals surface area contributed by atoms with Crippen molar-refractivity contribution in [1.29, 1.82) is 0 Å². The fraction of sp³-hybridized carbons (Fsp3) is 0.667. The summed E-state index contributed by atoms with van der Waals surface area (Å²) in [6, 6.07) is 4.31. The second-order valence-corrected chi connectivity index (χ2v) is 5.62. The van der Waals surface area contributed by atoms with E-state index in [-0.39, 0.29) is 6.10 Å². The van der Waals surface area contributed by atoms with Crippen LogP contribution in [0, 0.1) is 5.92 Å². The summed E-state index contributed by atoms with van der Waals surface area (Å²) in [7, 11) is 2.18. The molecule has 1 aliphatic rings. The van der Waals surface area contributed by atoms with Crippen molar-refractivity contribution in [3.05, 3.63) is 22.4 Å².